The number of fused-ring (bicyclic) bond motifs is 1. The first-order valence-electron chi connectivity index (χ1n) is 12.6. The molecule has 1 aliphatic rings. The van der Waals surface area contributed by atoms with Crippen LogP contribution in [0, 0.1) is 6.92 Å². The number of alkyl halides is 3. The molecule has 0 saturated heterocycles. The van der Waals surface area contributed by atoms with Gasteiger partial charge in [0.1, 0.15) is 11.5 Å². The Labute approximate surface area is 228 Å². The molecular formula is C26H43F3O6SSi2. The zero-order valence-corrected chi connectivity index (χ0v) is 27.7. The van der Waals surface area contributed by atoms with Crippen molar-refractivity contribution in [3.05, 3.63) is 22.4 Å². The summed E-state index contributed by atoms with van der Waals surface area (Å²) in [5.74, 6) is 0.739. The maximum absolute atomic E-state index is 13.1. The van der Waals surface area contributed by atoms with Crippen LogP contribution in [0.2, 0.25) is 36.3 Å². The highest BCUT2D eigenvalue weighted by Gasteiger charge is 2.50. The fraction of sp³-hybridized carbons (Fsp3) is 0.692. The molecule has 0 radical (unpaired) electrons. The first-order chi connectivity index (χ1) is 16.8. The molecule has 0 amide bonds. The summed E-state index contributed by atoms with van der Waals surface area (Å²) in [5, 5.41) is -0.323. The Kier molecular flexibility index (Phi) is 8.62. The molecule has 1 unspecified atom stereocenters. The first-order valence-corrected chi connectivity index (χ1v) is 19.8. The largest absolute Gasteiger partial charge is 0.543 e. The molecule has 1 aromatic carbocycles. The number of hydrogen-bond donors (Lipinski definition) is 0. The Morgan fingerprint density at radius 3 is 1.71 bits per heavy atom. The summed E-state index contributed by atoms with van der Waals surface area (Å²) in [6.45, 7) is 24.5. The number of allylic oxidation sites excluding steroid dienone is 1. The van der Waals surface area contributed by atoms with Crippen LogP contribution in [0.25, 0.3) is 6.08 Å². The molecule has 0 fully saturated rings. The lowest BCUT2D eigenvalue weighted by Crippen LogP contribution is -2.45. The van der Waals surface area contributed by atoms with Gasteiger partial charge in [0.15, 0.2) is 11.5 Å². The van der Waals surface area contributed by atoms with E-state index in [2.05, 4.69) is 71.9 Å². The average molecular weight is 597 g/mol. The van der Waals surface area contributed by atoms with Gasteiger partial charge in [0.2, 0.25) is 0 Å². The molecule has 0 saturated carbocycles. The van der Waals surface area contributed by atoms with Crippen molar-refractivity contribution in [1.82, 2.24) is 0 Å². The van der Waals surface area contributed by atoms with Crippen LogP contribution in [-0.2, 0) is 14.3 Å². The highest BCUT2D eigenvalue weighted by atomic mass is 32.2. The van der Waals surface area contributed by atoms with Crippen molar-refractivity contribution in [1.29, 1.82) is 0 Å². The van der Waals surface area contributed by atoms with Gasteiger partial charge in [-0.1, -0.05) is 48.5 Å². The molecule has 6 nitrogen and oxygen atoms in total. The second-order valence-corrected chi connectivity index (χ2v) is 24.1. The van der Waals surface area contributed by atoms with Gasteiger partial charge < -0.3 is 17.8 Å². The van der Waals surface area contributed by atoms with E-state index >= 15 is 0 Å². The highest BCUT2D eigenvalue weighted by Crippen LogP contribution is 2.54. The molecule has 1 aromatic rings. The average Bonchev–Trinajstić information content (AvgIpc) is 2.67. The van der Waals surface area contributed by atoms with Crippen LogP contribution in [0.3, 0.4) is 0 Å². The molecule has 0 N–H and O–H groups in total. The third kappa shape index (κ3) is 6.22. The van der Waals surface area contributed by atoms with Crippen LogP contribution in [0.1, 0.15) is 77.5 Å². The van der Waals surface area contributed by atoms with Crippen LogP contribution in [0.15, 0.2) is 5.76 Å². The summed E-state index contributed by atoms with van der Waals surface area (Å²) in [6.07, 6.45) is 1.29. The minimum atomic E-state index is -5.83. The Hall–Kier alpha value is -1.67. The third-order valence-corrected chi connectivity index (χ3v) is 17.7. The number of rotatable bonds is 7. The van der Waals surface area contributed by atoms with E-state index in [4.69, 9.17) is 13.6 Å². The fourth-order valence-corrected chi connectivity index (χ4v) is 6.23. The lowest BCUT2D eigenvalue weighted by Gasteiger charge is -2.41. The molecule has 38 heavy (non-hydrogen) atoms. The number of methoxy groups -OCH3 is 1. The quantitative estimate of drug-likeness (QED) is 0.179. The van der Waals surface area contributed by atoms with Crippen LogP contribution in [0.5, 0.6) is 17.2 Å². The van der Waals surface area contributed by atoms with E-state index < -0.39 is 38.2 Å². The summed E-state index contributed by atoms with van der Waals surface area (Å²) in [6, 6.07) is 0. The molecule has 1 atom stereocenters. The Balaban J connectivity index is 2.95. The van der Waals surface area contributed by atoms with Gasteiger partial charge in [0.25, 0.3) is 16.6 Å². The van der Waals surface area contributed by atoms with Gasteiger partial charge in [-0.05, 0) is 55.2 Å². The number of benzene rings is 1. The smallest absolute Gasteiger partial charge is 0.534 e. The molecule has 1 aliphatic carbocycles. The summed E-state index contributed by atoms with van der Waals surface area (Å²) >= 11 is 0. The van der Waals surface area contributed by atoms with E-state index in [1.165, 1.54) is 6.08 Å². The molecule has 0 aromatic heterocycles. The molecule has 218 valence electrons. The SMILES string of the molecule is COc1c(C)c(O[Si](C)(C)C(C)(C)C)c2c(c1O[Si](C)(C)C(C)(C)C)C(C)CC(OS(=O)(=O)C(F)(F)F)=C2. The summed E-state index contributed by atoms with van der Waals surface area (Å²) in [7, 11) is -9.10. The van der Waals surface area contributed by atoms with Gasteiger partial charge in [-0.3, -0.25) is 0 Å². The van der Waals surface area contributed by atoms with Crippen molar-refractivity contribution >= 4 is 32.8 Å². The Morgan fingerprint density at radius 2 is 1.32 bits per heavy atom. The maximum atomic E-state index is 13.1. The molecule has 0 heterocycles. The number of hydrogen-bond acceptors (Lipinski definition) is 6. The standard InChI is InChI=1S/C26H43F3O6SSi2/c1-16-14-18(33-36(30,31)26(27,28)29)15-19-20(16)23(35-38(12,13)25(6,7)8)22(32-9)17(2)21(19)34-37(10,11)24(3,4)5/h15-16H,14H2,1-13H3. The molecule has 0 aliphatic heterocycles. The second kappa shape index (κ2) is 10.1. The number of halogens is 3. The van der Waals surface area contributed by atoms with Crippen molar-refractivity contribution in [2.24, 2.45) is 0 Å². The van der Waals surface area contributed by atoms with Crippen LogP contribution in [0.4, 0.5) is 13.2 Å². The summed E-state index contributed by atoms with van der Waals surface area (Å²) < 4.78 is 87.2. The van der Waals surface area contributed by atoms with Gasteiger partial charge in [0.05, 0.1) is 7.11 Å². The van der Waals surface area contributed by atoms with Crippen molar-refractivity contribution in [2.75, 3.05) is 7.11 Å². The van der Waals surface area contributed by atoms with Gasteiger partial charge in [0, 0.05) is 23.1 Å². The number of ether oxygens (including phenoxy) is 1. The van der Waals surface area contributed by atoms with Gasteiger partial charge in [-0.25, -0.2) is 0 Å². The van der Waals surface area contributed by atoms with E-state index in [1.807, 2.05) is 6.92 Å². The van der Waals surface area contributed by atoms with E-state index in [1.54, 1.807) is 14.0 Å². The van der Waals surface area contributed by atoms with Gasteiger partial charge in [-0.2, -0.15) is 21.6 Å². The lowest BCUT2D eigenvalue weighted by atomic mass is 9.84. The minimum absolute atomic E-state index is 0.0675. The van der Waals surface area contributed by atoms with E-state index in [-0.39, 0.29) is 22.3 Å². The predicted molar refractivity (Wildman–Crippen MR) is 150 cm³/mol. The molecule has 0 spiro atoms. The monoisotopic (exact) mass is 596 g/mol. The highest BCUT2D eigenvalue weighted by molar-refractivity contribution is 7.87. The minimum Gasteiger partial charge on any atom is -0.543 e. The van der Waals surface area contributed by atoms with Gasteiger partial charge >= 0.3 is 15.6 Å². The summed E-state index contributed by atoms with van der Waals surface area (Å²) in [4.78, 5) is 0. The van der Waals surface area contributed by atoms with Crippen molar-refractivity contribution in [3.8, 4) is 17.2 Å². The van der Waals surface area contributed by atoms with E-state index in [0.717, 1.165) is 0 Å². The Bertz CT molecular complexity index is 1210. The normalized spacial score (nSPS) is 17.5. The van der Waals surface area contributed by atoms with E-state index in [9.17, 15) is 21.6 Å². The Morgan fingerprint density at radius 1 is 0.868 bits per heavy atom. The molecule has 0 bridgehead atoms. The van der Waals surface area contributed by atoms with Crippen LogP contribution < -0.4 is 13.6 Å². The van der Waals surface area contributed by atoms with Crippen LogP contribution >= 0.6 is 0 Å². The molecular weight excluding hydrogens is 554 g/mol. The first kappa shape index (κ1) is 32.5. The zero-order valence-electron chi connectivity index (χ0n) is 24.9. The molecule has 12 heteroatoms. The van der Waals surface area contributed by atoms with Crippen molar-refractivity contribution in [2.45, 2.75) is 110 Å². The maximum Gasteiger partial charge on any atom is 0.534 e. The van der Waals surface area contributed by atoms with Crippen molar-refractivity contribution < 1.29 is 39.4 Å². The van der Waals surface area contributed by atoms with E-state index in [0.29, 0.717) is 33.9 Å². The lowest BCUT2D eigenvalue weighted by molar-refractivity contribution is -0.0523. The van der Waals surface area contributed by atoms with Gasteiger partial charge in [-0.15, -0.1) is 0 Å². The summed E-state index contributed by atoms with van der Waals surface area (Å²) in [5.41, 5.74) is -3.73. The zero-order chi connectivity index (χ0) is 29.9. The predicted octanol–water partition coefficient (Wildman–Crippen LogP) is 8.49. The third-order valence-electron chi connectivity index (χ3n) is 8.00. The fourth-order valence-electron chi connectivity index (χ4n) is 3.64. The van der Waals surface area contributed by atoms with Crippen LogP contribution in [-0.4, -0.2) is 37.7 Å². The topological polar surface area (TPSA) is 71.1 Å². The molecule has 2 rings (SSSR count). The van der Waals surface area contributed by atoms with Crippen molar-refractivity contribution in [3.63, 3.8) is 0 Å². The second-order valence-electron chi connectivity index (χ2n) is 13.1.